The molecule has 0 saturated heterocycles. The molecule has 3 heterocycles. The van der Waals surface area contributed by atoms with Crippen LogP contribution in [0.2, 0.25) is 0 Å². The van der Waals surface area contributed by atoms with Crippen molar-refractivity contribution in [1.29, 1.82) is 0 Å². The maximum absolute atomic E-state index is 5.44. The Labute approximate surface area is 359 Å². The summed E-state index contributed by atoms with van der Waals surface area (Å²) in [5.41, 5.74) is 16.3. The third-order valence-electron chi connectivity index (χ3n) is 12.1. The Hall–Kier alpha value is -8.34. The maximum Gasteiger partial charge on any atom is 0.162 e. The minimum atomic E-state index is 0.690. The molecule has 0 aliphatic rings. The molecule has 9 aromatic carbocycles. The summed E-state index contributed by atoms with van der Waals surface area (Å²) >= 11 is 0. The third kappa shape index (κ3) is 6.00. The van der Waals surface area contributed by atoms with Crippen LogP contribution in [0.1, 0.15) is 0 Å². The zero-order chi connectivity index (χ0) is 41.0. The minimum absolute atomic E-state index is 0.690. The first kappa shape index (κ1) is 35.6. The van der Waals surface area contributed by atoms with Crippen molar-refractivity contribution in [3.63, 3.8) is 0 Å². The van der Waals surface area contributed by atoms with Gasteiger partial charge in [-0.25, -0.2) is 9.97 Å². The Morgan fingerprint density at radius 3 is 1.42 bits per heavy atom. The van der Waals surface area contributed by atoms with E-state index in [4.69, 9.17) is 9.97 Å². The Kier molecular flexibility index (Phi) is 8.46. The van der Waals surface area contributed by atoms with Crippen molar-refractivity contribution >= 4 is 43.7 Å². The van der Waals surface area contributed by atoms with E-state index >= 15 is 0 Å². The van der Waals surface area contributed by atoms with Crippen LogP contribution >= 0.6 is 0 Å². The molecule has 62 heavy (non-hydrogen) atoms. The summed E-state index contributed by atoms with van der Waals surface area (Å²) in [6.07, 6.45) is 0. The van der Waals surface area contributed by atoms with Gasteiger partial charge in [-0.2, -0.15) is 0 Å². The Morgan fingerprint density at radius 2 is 0.758 bits per heavy atom. The molecule has 4 heteroatoms. The molecular formula is C58H38N4. The van der Waals surface area contributed by atoms with Crippen molar-refractivity contribution in [1.82, 2.24) is 19.1 Å². The highest BCUT2D eigenvalue weighted by Gasteiger charge is 2.22. The van der Waals surface area contributed by atoms with Crippen LogP contribution in [0.5, 0.6) is 0 Å². The molecule has 3 aromatic heterocycles. The Balaban J connectivity index is 1.11. The van der Waals surface area contributed by atoms with Crippen LogP contribution < -0.4 is 0 Å². The molecule has 0 spiro atoms. The molecule has 0 aliphatic carbocycles. The van der Waals surface area contributed by atoms with Gasteiger partial charge in [-0.15, -0.1) is 0 Å². The second-order valence-corrected chi connectivity index (χ2v) is 15.8. The van der Waals surface area contributed by atoms with Crippen molar-refractivity contribution in [2.75, 3.05) is 0 Å². The molecule has 12 aromatic rings. The summed E-state index contributed by atoms with van der Waals surface area (Å²) in [7, 11) is 0. The number of para-hydroxylation sites is 1. The zero-order valence-electron chi connectivity index (χ0n) is 33.7. The lowest BCUT2D eigenvalue weighted by molar-refractivity contribution is 1.11. The average molecular weight is 791 g/mol. The zero-order valence-corrected chi connectivity index (χ0v) is 33.7. The number of rotatable bonds is 7. The number of nitrogens with zero attached hydrogens (tertiary/aromatic N) is 4. The van der Waals surface area contributed by atoms with E-state index in [1.54, 1.807) is 0 Å². The molecular weight excluding hydrogens is 753 g/mol. The second-order valence-electron chi connectivity index (χ2n) is 15.8. The highest BCUT2D eigenvalue weighted by atomic mass is 15.1. The lowest BCUT2D eigenvalue weighted by Gasteiger charge is -2.12. The molecule has 12 rings (SSSR count). The smallest absolute Gasteiger partial charge is 0.162 e. The van der Waals surface area contributed by atoms with Crippen LogP contribution in [0.15, 0.2) is 231 Å². The van der Waals surface area contributed by atoms with Gasteiger partial charge in [0.1, 0.15) is 5.65 Å². The van der Waals surface area contributed by atoms with E-state index in [-0.39, 0.29) is 0 Å². The second kappa shape index (κ2) is 14.7. The van der Waals surface area contributed by atoms with Gasteiger partial charge in [0.2, 0.25) is 0 Å². The SMILES string of the molecule is c1ccc(-c2cccc(-n3c4ccccc4c4ccc(-c5ccc6c(c5)c5c(-c7ccccc7)nc(-c7ccccc7)nc5n6-c5cccc(-c6ccccc6)c5)cc43)c2)cc1. The highest BCUT2D eigenvalue weighted by molar-refractivity contribution is 6.15. The summed E-state index contributed by atoms with van der Waals surface area (Å²) < 4.78 is 4.74. The Bertz CT molecular complexity index is 3610. The van der Waals surface area contributed by atoms with Gasteiger partial charge in [-0.1, -0.05) is 182 Å². The summed E-state index contributed by atoms with van der Waals surface area (Å²) in [6.45, 7) is 0. The molecule has 0 N–H and O–H groups in total. The van der Waals surface area contributed by atoms with Gasteiger partial charge in [0.25, 0.3) is 0 Å². The molecule has 0 bridgehead atoms. The maximum atomic E-state index is 5.44. The van der Waals surface area contributed by atoms with Crippen LogP contribution in [-0.4, -0.2) is 19.1 Å². The standard InChI is InChI=1S/C58H38N4/c1-5-17-39(18-6-1)43-25-15-27-47(35-43)61-52-30-14-13-29-49(52)50-33-31-46(38-54(50)61)45-32-34-53-51(37-45)55-56(41-21-9-3-10-22-41)59-57(42-23-11-4-12-24-42)60-58(55)62(53)48-28-16-26-44(36-48)40-19-7-2-8-20-40/h1-38H. The molecule has 0 amide bonds. The molecule has 4 nitrogen and oxygen atoms in total. The minimum Gasteiger partial charge on any atom is -0.309 e. The molecule has 0 atom stereocenters. The molecule has 0 aliphatic heterocycles. The number of hydrogen-bond donors (Lipinski definition) is 0. The average Bonchev–Trinajstić information content (AvgIpc) is 3.87. The summed E-state index contributed by atoms with van der Waals surface area (Å²) in [4.78, 5) is 10.8. The predicted molar refractivity (Wildman–Crippen MR) is 258 cm³/mol. The highest BCUT2D eigenvalue weighted by Crippen LogP contribution is 2.42. The van der Waals surface area contributed by atoms with Crippen LogP contribution in [0.4, 0.5) is 0 Å². The first-order valence-corrected chi connectivity index (χ1v) is 21.1. The van der Waals surface area contributed by atoms with Crippen molar-refractivity contribution < 1.29 is 0 Å². The van der Waals surface area contributed by atoms with Crippen molar-refractivity contribution in [2.45, 2.75) is 0 Å². The molecule has 0 radical (unpaired) electrons. The van der Waals surface area contributed by atoms with Gasteiger partial charge >= 0.3 is 0 Å². The van der Waals surface area contributed by atoms with Crippen LogP contribution in [0, 0.1) is 0 Å². The first-order chi connectivity index (χ1) is 30.7. The fourth-order valence-corrected chi connectivity index (χ4v) is 9.20. The van der Waals surface area contributed by atoms with Gasteiger partial charge in [0.05, 0.1) is 27.6 Å². The number of hydrogen-bond acceptors (Lipinski definition) is 2. The topological polar surface area (TPSA) is 35.6 Å². The van der Waals surface area contributed by atoms with E-state index in [0.29, 0.717) is 5.82 Å². The van der Waals surface area contributed by atoms with Gasteiger partial charge in [-0.3, -0.25) is 4.57 Å². The predicted octanol–water partition coefficient (Wildman–Crippen LogP) is 15.0. The quantitative estimate of drug-likeness (QED) is 0.161. The van der Waals surface area contributed by atoms with Crippen LogP contribution in [-0.2, 0) is 0 Å². The van der Waals surface area contributed by atoms with Crippen LogP contribution in [0.3, 0.4) is 0 Å². The lowest BCUT2D eigenvalue weighted by atomic mass is 10.00. The fraction of sp³-hybridized carbons (Fsp3) is 0. The van der Waals surface area contributed by atoms with E-state index < -0.39 is 0 Å². The Morgan fingerprint density at radius 1 is 0.274 bits per heavy atom. The van der Waals surface area contributed by atoms with Crippen LogP contribution in [0.25, 0.3) is 111 Å². The summed E-state index contributed by atoms with van der Waals surface area (Å²) in [5, 5.41) is 4.57. The van der Waals surface area contributed by atoms with Crippen molar-refractivity contribution in [3.8, 4) is 67.4 Å². The van der Waals surface area contributed by atoms with E-state index in [2.05, 4.69) is 221 Å². The van der Waals surface area contributed by atoms with E-state index in [9.17, 15) is 0 Å². The summed E-state index contributed by atoms with van der Waals surface area (Å²) in [6, 6.07) is 82.2. The lowest BCUT2D eigenvalue weighted by Crippen LogP contribution is -1.99. The van der Waals surface area contributed by atoms with Gasteiger partial charge in [0, 0.05) is 38.7 Å². The number of aromatic nitrogens is 4. The van der Waals surface area contributed by atoms with Crippen molar-refractivity contribution in [2.24, 2.45) is 0 Å². The van der Waals surface area contributed by atoms with Gasteiger partial charge in [0.15, 0.2) is 5.82 Å². The number of fused-ring (bicyclic) bond motifs is 6. The largest absolute Gasteiger partial charge is 0.309 e. The van der Waals surface area contributed by atoms with E-state index in [1.807, 2.05) is 18.2 Å². The van der Waals surface area contributed by atoms with E-state index in [1.165, 1.54) is 33.0 Å². The van der Waals surface area contributed by atoms with Gasteiger partial charge in [-0.05, 0) is 81.9 Å². The molecule has 0 unspecified atom stereocenters. The monoisotopic (exact) mass is 790 g/mol. The molecule has 0 fully saturated rings. The van der Waals surface area contributed by atoms with Gasteiger partial charge < -0.3 is 4.57 Å². The molecule has 290 valence electrons. The molecule has 0 saturated carbocycles. The first-order valence-electron chi connectivity index (χ1n) is 21.1. The van der Waals surface area contributed by atoms with E-state index in [0.717, 1.165) is 72.3 Å². The normalized spacial score (nSPS) is 11.5. The third-order valence-corrected chi connectivity index (χ3v) is 12.1. The number of benzene rings is 9. The summed E-state index contributed by atoms with van der Waals surface area (Å²) in [5.74, 6) is 0.690. The fourth-order valence-electron chi connectivity index (χ4n) is 9.20. The van der Waals surface area contributed by atoms with Crippen molar-refractivity contribution in [3.05, 3.63) is 231 Å².